The summed E-state index contributed by atoms with van der Waals surface area (Å²) in [4.78, 5) is 38.4. The van der Waals surface area contributed by atoms with Gasteiger partial charge in [0.1, 0.15) is 6.54 Å². The van der Waals surface area contributed by atoms with Gasteiger partial charge < -0.3 is 10.1 Å². The van der Waals surface area contributed by atoms with Crippen molar-refractivity contribution in [1.29, 1.82) is 0 Å². The summed E-state index contributed by atoms with van der Waals surface area (Å²) in [6, 6.07) is 0. The fourth-order valence-corrected chi connectivity index (χ4v) is 5.10. The standard InChI is InChI=1S/C20H28N2O4/c23-16(21-9-4-10-26-15-5-2-1-3-6-15)12-22-19(24)17-13-7-8-14(11-13)18(17)20(22)25/h7-8,13-15,17-18H,1-6,9-12H2,(H,21,23)/t13-,14-,17-,18-/m0/s1. The lowest BCUT2D eigenvalue weighted by Gasteiger charge is -2.22. The van der Waals surface area contributed by atoms with E-state index in [0.29, 0.717) is 19.3 Å². The van der Waals surface area contributed by atoms with Crippen LogP contribution in [0, 0.1) is 23.7 Å². The van der Waals surface area contributed by atoms with E-state index in [1.54, 1.807) is 0 Å². The van der Waals surface area contributed by atoms with Crippen molar-refractivity contribution in [2.75, 3.05) is 19.7 Å². The Bertz CT molecular complexity index is 581. The van der Waals surface area contributed by atoms with Crippen LogP contribution in [0.3, 0.4) is 0 Å². The maximum absolute atomic E-state index is 12.5. The van der Waals surface area contributed by atoms with Crippen molar-refractivity contribution < 1.29 is 19.1 Å². The van der Waals surface area contributed by atoms with E-state index in [2.05, 4.69) is 17.5 Å². The number of nitrogens with zero attached hydrogens (tertiary/aromatic N) is 1. The Kier molecular flexibility index (Phi) is 5.11. The Labute approximate surface area is 154 Å². The minimum absolute atomic E-state index is 0.145. The number of imide groups is 1. The number of rotatable bonds is 7. The van der Waals surface area contributed by atoms with E-state index in [4.69, 9.17) is 4.74 Å². The number of allylic oxidation sites excluding steroid dienone is 2. The monoisotopic (exact) mass is 360 g/mol. The van der Waals surface area contributed by atoms with Crippen LogP contribution in [0.1, 0.15) is 44.9 Å². The number of amides is 3. The molecule has 3 aliphatic carbocycles. The van der Waals surface area contributed by atoms with Gasteiger partial charge in [-0.1, -0.05) is 31.4 Å². The molecule has 1 saturated heterocycles. The maximum atomic E-state index is 12.5. The first-order valence-electron chi connectivity index (χ1n) is 10.1. The summed E-state index contributed by atoms with van der Waals surface area (Å²) >= 11 is 0. The quantitative estimate of drug-likeness (QED) is 0.425. The Balaban J connectivity index is 1.17. The second kappa shape index (κ2) is 7.51. The predicted molar refractivity (Wildman–Crippen MR) is 94.9 cm³/mol. The molecule has 4 rings (SSSR count). The number of hydrogen-bond acceptors (Lipinski definition) is 4. The average Bonchev–Trinajstić information content (AvgIpc) is 3.32. The van der Waals surface area contributed by atoms with E-state index in [-0.39, 0.29) is 47.9 Å². The number of carbonyl (C=O) groups excluding carboxylic acids is 3. The van der Waals surface area contributed by atoms with Crippen LogP contribution < -0.4 is 5.32 Å². The van der Waals surface area contributed by atoms with Crippen LogP contribution in [0.2, 0.25) is 0 Å². The fraction of sp³-hybridized carbons (Fsp3) is 0.750. The second-order valence-electron chi connectivity index (χ2n) is 8.10. The van der Waals surface area contributed by atoms with Gasteiger partial charge >= 0.3 is 0 Å². The lowest BCUT2D eigenvalue weighted by Crippen LogP contribution is -2.42. The summed E-state index contributed by atoms with van der Waals surface area (Å²) in [6.07, 6.45) is 12.3. The number of hydrogen-bond donors (Lipinski definition) is 1. The summed E-state index contributed by atoms with van der Waals surface area (Å²) in [5.74, 6) is -0.661. The summed E-state index contributed by atoms with van der Waals surface area (Å²) in [6.45, 7) is 1.01. The second-order valence-corrected chi connectivity index (χ2v) is 8.10. The zero-order valence-corrected chi connectivity index (χ0v) is 15.2. The van der Waals surface area contributed by atoms with Gasteiger partial charge in [-0.15, -0.1) is 0 Å². The molecule has 0 unspecified atom stereocenters. The van der Waals surface area contributed by atoms with E-state index < -0.39 is 0 Å². The number of carbonyl (C=O) groups is 3. The third-order valence-corrected chi connectivity index (χ3v) is 6.41. The summed E-state index contributed by atoms with van der Waals surface area (Å²) in [5.41, 5.74) is 0. The Hall–Kier alpha value is -1.69. The van der Waals surface area contributed by atoms with E-state index in [9.17, 15) is 14.4 Å². The van der Waals surface area contributed by atoms with Gasteiger partial charge in [0, 0.05) is 13.2 Å². The highest BCUT2D eigenvalue weighted by Crippen LogP contribution is 2.52. The normalized spacial score (nSPS) is 33.2. The van der Waals surface area contributed by atoms with Crippen LogP contribution in [-0.2, 0) is 19.1 Å². The Morgan fingerprint density at radius 1 is 1.08 bits per heavy atom. The third-order valence-electron chi connectivity index (χ3n) is 6.41. The highest BCUT2D eigenvalue weighted by atomic mass is 16.5. The molecule has 2 bridgehead atoms. The molecule has 1 N–H and O–H groups in total. The van der Waals surface area contributed by atoms with Gasteiger partial charge in [0.15, 0.2) is 0 Å². The molecule has 26 heavy (non-hydrogen) atoms. The van der Waals surface area contributed by atoms with Crippen LogP contribution in [-0.4, -0.2) is 48.4 Å². The zero-order valence-electron chi connectivity index (χ0n) is 15.2. The van der Waals surface area contributed by atoms with Gasteiger partial charge in [-0.2, -0.15) is 0 Å². The molecule has 6 nitrogen and oxygen atoms in total. The van der Waals surface area contributed by atoms with Crippen molar-refractivity contribution in [3.8, 4) is 0 Å². The predicted octanol–water partition coefficient (Wildman–Crippen LogP) is 1.65. The SMILES string of the molecule is O=C(CN1C(=O)[C@@H]2[C@@H](C1=O)[C@H]1C=C[C@H]2C1)NCCCOC1CCCCC1. The largest absolute Gasteiger partial charge is 0.378 e. The molecule has 0 aromatic rings. The topological polar surface area (TPSA) is 75.7 Å². The molecule has 1 heterocycles. The lowest BCUT2D eigenvalue weighted by atomic mass is 9.85. The van der Waals surface area contributed by atoms with Crippen LogP contribution in [0.25, 0.3) is 0 Å². The van der Waals surface area contributed by atoms with Gasteiger partial charge in [0.2, 0.25) is 17.7 Å². The summed E-state index contributed by atoms with van der Waals surface area (Å²) in [5, 5.41) is 2.81. The highest BCUT2D eigenvalue weighted by Gasteiger charge is 2.59. The number of likely N-dealkylation sites (tertiary alicyclic amines) is 1. The Morgan fingerprint density at radius 2 is 1.73 bits per heavy atom. The molecule has 6 heteroatoms. The summed E-state index contributed by atoms with van der Waals surface area (Å²) < 4.78 is 5.84. The fourth-order valence-electron chi connectivity index (χ4n) is 5.10. The van der Waals surface area contributed by atoms with Crippen LogP contribution in [0.15, 0.2) is 12.2 Å². The first kappa shape index (κ1) is 17.7. The van der Waals surface area contributed by atoms with E-state index in [0.717, 1.165) is 25.7 Å². The highest BCUT2D eigenvalue weighted by molar-refractivity contribution is 6.08. The first-order valence-corrected chi connectivity index (χ1v) is 10.1. The molecule has 3 amide bonds. The Morgan fingerprint density at radius 3 is 2.38 bits per heavy atom. The van der Waals surface area contributed by atoms with Gasteiger partial charge in [0.05, 0.1) is 17.9 Å². The molecular weight excluding hydrogens is 332 g/mol. The molecule has 0 aromatic carbocycles. The average molecular weight is 360 g/mol. The smallest absolute Gasteiger partial charge is 0.240 e. The molecule has 0 aromatic heterocycles. The van der Waals surface area contributed by atoms with Gasteiger partial charge in [-0.3, -0.25) is 19.3 Å². The van der Waals surface area contributed by atoms with Gasteiger partial charge in [0.25, 0.3) is 0 Å². The molecular formula is C20H28N2O4. The minimum atomic E-state index is -0.260. The van der Waals surface area contributed by atoms with Crippen molar-refractivity contribution in [3.05, 3.63) is 12.2 Å². The van der Waals surface area contributed by atoms with Gasteiger partial charge in [-0.25, -0.2) is 0 Å². The van der Waals surface area contributed by atoms with Crippen LogP contribution in [0.5, 0.6) is 0 Å². The molecule has 1 aliphatic heterocycles. The van der Waals surface area contributed by atoms with E-state index in [1.807, 2.05) is 0 Å². The molecule has 0 spiro atoms. The number of fused-ring (bicyclic) bond motifs is 5. The van der Waals surface area contributed by atoms with Crippen molar-refractivity contribution in [2.24, 2.45) is 23.7 Å². The minimum Gasteiger partial charge on any atom is -0.378 e. The molecule has 4 atom stereocenters. The molecule has 142 valence electrons. The zero-order chi connectivity index (χ0) is 18.1. The number of ether oxygens (including phenoxy) is 1. The molecule has 4 aliphatic rings. The number of nitrogens with one attached hydrogen (secondary N) is 1. The van der Waals surface area contributed by atoms with Gasteiger partial charge in [-0.05, 0) is 37.5 Å². The van der Waals surface area contributed by atoms with Crippen molar-refractivity contribution in [2.45, 2.75) is 51.0 Å². The maximum Gasteiger partial charge on any atom is 0.240 e. The van der Waals surface area contributed by atoms with Crippen molar-refractivity contribution in [1.82, 2.24) is 10.2 Å². The van der Waals surface area contributed by atoms with Crippen molar-refractivity contribution >= 4 is 17.7 Å². The van der Waals surface area contributed by atoms with Crippen molar-refractivity contribution in [3.63, 3.8) is 0 Å². The molecule has 3 fully saturated rings. The van der Waals surface area contributed by atoms with Crippen LogP contribution in [0.4, 0.5) is 0 Å². The van der Waals surface area contributed by atoms with E-state index in [1.165, 1.54) is 24.2 Å². The van der Waals surface area contributed by atoms with Crippen LogP contribution >= 0.6 is 0 Å². The van der Waals surface area contributed by atoms with E-state index >= 15 is 0 Å². The third kappa shape index (κ3) is 3.31. The first-order chi connectivity index (χ1) is 12.6. The lowest BCUT2D eigenvalue weighted by molar-refractivity contribution is -0.144. The summed E-state index contributed by atoms with van der Waals surface area (Å²) in [7, 11) is 0. The molecule has 2 saturated carbocycles. The molecule has 0 radical (unpaired) electrons.